The van der Waals surface area contributed by atoms with Gasteiger partial charge >= 0.3 is 0 Å². The quantitative estimate of drug-likeness (QED) is 0.160. The van der Waals surface area contributed by atoms with Crippen molar-refractivity contribution in [3.8, 4) is 55.6 Å². The van der Waals surface area contributed by atoms with Gasteiger partial charge in [0.15, 0.2) is 0 Å². The molecule has 0 radical (unpaired) electrons. The molecule has 0 fully saturated rings. The van der Waals surface area contributed by atoms with Crippen molar-refractivity contribution in [1.29, 1.82) is 0 Å². The fourth-order valence-electron chi connectivity index (χ4n) is 10.2. The highest BCUT2D eigenvalue weighted by molar-refractivity contribution is 6.06. The first-order valence-electron chi connectivity index (χ1n) is 21.8. The predicted octanol–water partition coefficient (Wildman–Crippen LogP) is 17.2. The first kappa shape index (κ1) is 36.9. The molecule has 1 aliphatic rings. The minimum atomic E-state index is -0.114. The number of para-hydroxylation sites is 1. The number of anilines is 3. The van der Waals surface area contributed by atoms with Crippen LogP contribution in [0.4, 0.5) is 17.1 Å². The van der Waals surface area contributed by atoms with Crippen molar-refractivity contribution in [3.63, 3.8) is 0 Å². The third-order valence-electron chi connectivity index (χ3n) is 13.3. The second-order valence-electron chi connectivity index (χ2n) is 17.3. The lowest BCUT2D eigenvalue weighted by molar-refractivity contribution is 0.662. The summed E-state index contributed by atoms with van der Waals surface area (Å²) in [5.74, 6) is 0. The summed E-state index contributed by atoms with van der Waals surface area (Å²) in [5, 5.41) is 4.73. The number of rotatable bonds is 7. The SMILES string of the molecule is CC1(C)c2ccccc2-c2cccc(-c3ccc(N(c4ccc(-c5ccc6oc7ccccc7c6c5)cc4)c4cc(-c5cccc6ccccc56)ccc4-c4ccccc4)cc3)c21. The van der Waals surface area contributed by atoms with Crippen LogP contribution in [-0.2, 0) is 5.41 Å². The number of fused-ring (bicyclic) bond motifs is 7. The van der Waals surface area contributed by atoms with Gasteiger partial charge < -0.3 is 9.32 Å². The summed E-state index contributed by atoms with van der Waals surface area (Å²) in [4.78, 5) is 2.44. The minimum Gasteiger partial charge on any atom is -0.456 e. The Morgan fingerprint density at radius 2 is 0.921 bits per heavy atom. The van der Waals surface area contributed by atoms with Gasteiger partial charge in [-0.25, -0.2) is 0 Å². The Morgan fingerprint density at radius 1 is 0.349 bits per heavy atom. The molecule has 0 atom stereocenters. The van der Waals surface area contributed by atoms with Gasteiger partial charge in [-0.05, 0) is 121 Å². The average Bonchev–Trinajstić information content (AvgIpc) is 3.83. The number of hydrogen-bond donors (Lipinski definition) is 0. The molecule has 0 amide bonds. The molecule has 298 valence electrons. The van der Waals surface area contributed by atoms with Crippen molar-refractivity contribution in [2.24, 2.45) is 0 Å². The molecule has 0 saturated heterocycles. The topological polar surface area (TPSA) is 16.4 Å². The number of hydrogen-bond acceptors (Lipinski definition) is 2. The van der Waals surface area contributed by atoms with E-state index in [1.807, 2.05) is 12.1 Å². The molecule has 0 aliphatic heterocycles. The van der Waals surface area contributed by atoms with Crippen LogP contribution < -0.4 is 4.90 Å². The lowest BCUT2D eigenvalue weighted by Crippen LogP contribution is -2.16. The second kappa shape index (κ2) is 14.6. The lowest BCUT2D eigenvalue weighted by atomic mass is 9.79. The first-order valence-corrected chi connectivity index (χ1v) is 21.8. The van der Waals surface area contributed by atoms with Crippen LogP contribution in [0.15, 0.2) is 229 Å². The van der Waals surface area contributed by atoms with Crippen LogP contribution in [-0.4, -0.2) is 0 Å². The summed E-state index contributed by atoms with van der Waals surface area (Å²) in [5.41, 5.74) is 19.9. The molecule has 2 nitrogen and oxygen atoms in total. The van der Waals surface area contributed by atoms with Crippen LogP contribution >= 0.6 is 0 Å². The highest BCUT2D eigenvalue weighted by Crippen LogP contribution is 2.52. The molecule has 0 spiro atoms. The largest absolute Gasteiger partial charge is 0.456 e. The zero-order valence-corrected chi connectivity index (χ0v) is 35.2. The maximum atomic E-state index is 6.18. The van der Waals surface area contributed by atoms with Crippen LogP contribution in [0.1, 0.15) is 25.0 Å². The average molecular weight is 806 g/mol. The Labute approximate surface area is 368 Å². The third kappa shape index (κ3) is 6.09. The van der Waals surface area contributed by atoms with Gasteiger partial charge in [-0.15, -0.1) is 0 Å². The number of nitrogens with zero attached hydrogens (tertiary/aromatic N) is 1. The molecule has 1 aromatic heterocycles. The van der Waals surface area contributed by atoms with Crippen molar-refractivity contribution in [2.75, 3.05) is 4.90 Å². The van der Waals surface area contributed by atoms with E-state index < -0.39 is 0 Å². The molecule has 2 heteroatoms. The van der Waals surface area contributed by atoms with Gasteiger partial charge in [0.1, 0.15) is 11.2 Å². The van der Waals surface area contributed by atoms with Crippen LogP contribution in [0.5, 0.6) is 0 Å². The van der Waals surface area contributed by atoms with Gasteiger partial charge in [0.2, 0.25) is 0 Å². The van der Waals surface area contributed by atoms with Crippen molar-refractivity contribution in [1.82, 2.24) is 0 Å². The van der Waals surface area contributed by atoms with E-state index in [-0.39, 0.29) is 5.41 Å². The molecule has 1 heterocycles. The molecule has 1 aliphatic carbocycles. The van der Waals surface area contributed by atoms with E-state index in [0.717, 1.165) is 61.3 Å². The van der Waals surface area contributed by atoms with Gasteiger partial charge in [-0.2, -0.15) is 0 Å². The summed E-state index contributed by atoms with van der Waals surface area (Å²) in [6.07, 6.45) is 0. The van der Waals surface area contributed by atoms with Gasteiger partial charge in [0, 0.05) is 33.1 Å². The lowest BCUT2D eigenvalue weighted by Gasteiger charge is -2.29. The predicted molar refractivity (Wildman–Crippen MR) is 265 cm³/mol. The fourth-order valence-corrected chi connectivity index (χ4v) is 10.2. The van der Waals surface area contributed by atoms with E-state index in [1.54, 1.807) is 0 Å². The molecule has 0 bridgehead atoms. The maximum Gasteiger partial charge on any atom is 0.135 e. The minimum absolute atomic E-state index is 0.114. The molecule has 0 N–H and O–H groups in total. The summed E-state index contributed by atoms with van der Waals surface area (Å²) in [6, 6.07) is 81.8. The van der Waals surface area contributed by atoms with E-state index in [0.29, 0.717) is 0 Å². The van der Waals surface area contributed by atoms with Crippen molar-refractivity contribution in [2.45, 2.75) is 19.3 Å². The number of benzene rings is 10. The molecular weight excluding hydrogens is 763 g/mol. The fraction of sp³-hybridized carbons (Fsp3) is 0.0492. The second-order valence-corrected chi connectivity index (χ2v) is 17.3. The zero-order valence-electron chi connectivity index (χ0n) is 35.2. The van der Waals surface area contributed by atoms with Crippen molar-refractivity contribution in [3.05, 3.63) is 236 Å². The standard InChI is InChI=1S/C61H43NO/c1-61(2)56-24-10-8-19-52(56)54-23-13-22-51(60(54)61)43-28-34-47(35-29-43)62(46-32-26-40(27-33-46)44-31-37-59-55(38-44)53-20-9-11-25-58(53)63-59)57-39-45(30-36-50(57)42-14-4-3-5-15-42)49-21-12-17-41-16-6-7-18-48(41)49/h3-39H,1-2H3. The molecule has 63 heavy (non-hydrogen) atoms. The highest BCUT2D eigenvalue weighted by Gasteiger charge is 2.37. The Balaban J connectivity index is 1.03. The van der Waals surface area contributed by atoms with Gasteiger partial charge in [-0.1, -0.05) is 190 Å². The van der Waals surface area contributed by atoms with E-state index >= 15 is 0 Å². The van der Waals surface area contributed by atoms with Crippen LogP contribution in [0.3, 0.4) is 0 Å². The molecule has 10 aromatic carbocycles. The van der Waals surface area contributed by atoms with Gasteiger partial charge in [-0.3, -0.25) is 0 Å². The summed E-state index contributed by atoms with van der Waals surface area (Å²) in [6.45, 7) is 4.73. The normalized spacial score (nSPS) is 12.7. The third-order valence-corrected chi connectivity index (χ3v) is 13.3. The summed E-state index contributed by atoms with van der Waals surface area (Å²) >= 11 is 0. The summed E-state index contributed by atoms with van der Waals surface area (Å²) in [7, 11) is 0. The van der Waals surface area contributed by atoms with Crippen LogP contribution in [0.2, 0.25) is 0 Å². The highest BCUT2D eigenvalue weighted by atomic mass is 16.3. The van der Waals surface area contributed by atoms with E-state index in [1.165, 1.54) is 55.3 Å². The first-order chi connectivity index (χ1) is 31.0. The smallest absolute Gasteiger partial charge is 0.135 e. The Bertz CT molecular complexity index is 3520. The molecule has 12 rings (SSSR count). The Hall–Kier alpha value is -7.94. The van der Waals surface area contributed by atoms with Gasteiger partial charge in [0.25, 0.3) is 0 Å². The zero-order chi connectivity index (χ0) is 42.1. The van der Waals surface area contributed by atoms with Gasteiger partial charge in [0.05, 0.1) is 5.69 Å². The van der Waals surface area contributed by atoms with E-state index in [2.05, 4.69) is 231 Å². The molecule has 0 unspecified atom stereocenters. The molecule has 0 saturated carbocycles. The van der Waals surface area contributed by atoms with Crippen molar-refractivity contribution < 1.29 is 4.42 Å². The van der Waals surface area contributed by atoms with Crippen LogP contribution in [0, 0.1) is 0 Å². The van der Waals surface area contributed by atoms with E-state index in [9.17, 15) is 0 Å². The van der Waals surface area contributed by atoms with Crippen molar-refractivity contribution >= 4 is 49.8 Å². The molecule has 11 aromatic rings. The molecular formula is C61H43NO. The van der Waals surface area contributed by atoms with E-state index in [4.69, 9.17) is 4.42 Å². The Kier molecular flexibility index (Phi) is 8.55. The summed E-state index contributed by atoms with van der Waals surface area (Å²) < 4.78 is 6.18. The number of furan rings is 1. The monoisotopic (exact) mass is 805 g/mol. The van der Waals surface area contributed by atoms with Crippen LogP contribution in [0.25, 0.3) is 88.3 Å². The maximum absolute atomic E-state index is 6.18. The Morgan fingerprint density at radius 3 is 1.75 bits per heavy atom.